The zero-order chi connectivity index (χ0) is 7.40. The molecule has 1 atom stereocenters. The SMILES string of the molecule is N#CC1CC=C(CCl)CC1. The van der Waals surface area contributed by atoms with Gasteiger partial charge in [-0.15, -0.1) is 11.6 Å². The van der Waals surface area contributed by atoms with E-state index < -0.39 is 0 Å². The van der Waals surface area contributed by atoms with Gasteiger partial charge in [-0.2, -0.15) is 5.26 Å². The summed E-state index contributed by atoms with van der Waals surface area (Å²) in [5, 5.41) is 8.54. The molecule has 1 nitrogen and oxygen atoms in total. The molecule has 0 radical (unpaired) electrons. The normalized spacial score (nSPS) is 25.2. The second-order valence-electron chi connectivity index (χ2n) is 2.60. The minimum Gasteiger partial charge on any atom is -0.198 e. The van der Waals surface area contributed by atoms with Crippen molar-refractivity contribution >= 4 is 11.6 Å². The van der Waals surface area contributed by atoms with Gasteiger partial charge in [0.05, 0.1) is 12.0 Å². The molecule has 0 N–H and O–H groups in total. The van der Waals surface area contributed by atoms with Crippen LogP contribution in [0.25, 0.3) is 0 Å². The third-order valence-corrected chi connectivity index (χ3v) is 2.20. The molecule has 0 spiro atoms. The zero-order valence-electron chi connectivity index (χ0n) is 5.81. The Bertz CT molecular complexity index is 178. The number of allylic oxidation sites excluding steroid dienone is 2. The second kappa shape index (κ2) is 3.63. The van der Waals surface area contributed by atoms with E-state index in [2.05, 4.69) is 12.1 Å². The van der Waals surface area contributed by atoms with Crippen LogP contribution in [0.15, 0.2) is 11.6 Å². The molecule has 2 heteroatoms. The number of rotatable bonds is 1. The molecule has 0 aromatic carbocycles. The van der Waals surface area contributed by atoms with Gasteiger partial charge < -0.3 is 0 Å². The van der Waals surface area contributed by atoms with Gasteiger partial charge in [0, 0.05) is 5.88 Å². The van der Waals surface area contributed by atoms with Crippen LogP contribution < -0.4 is 0 Å². The minimum absolute atomic E-state index is 0.243. The largest absolute Gasteiger partial charge is 0.198 e. The third-order valence-electron chi connectivity index (χ3n) is 1.86. The highest BCUT2D eigenvalue weighted by Crippen LogP contribution is 2.23. The predicted molar refractivity (Wildman–Crippen MR) is 41.8 cm³/mol. The molecule has 0 aromatic rings. The van der Waals surface area contributed by atoms with Gasteiger partial charge in [-0.25, -0.2) is 0 Å². The van der Waals surface area contributed by atoms with E-state index in [9.17, 15) is 0 Å². The fourth-order valence-corrected chi connectivity index (χ4v) is 1.37. The van der Waals surface area contributed by atoms with Crippen LogP contribution in [0.3, 0.4) is 0 Å². The van der Waals surface area contributed by atoms with E-state index in [4.69, 9.17) is 16.9 Å². The monoisotopic (exact) mass is 155 g/mol. The summed E-state index contributed by atoms with van der Waals surface area (Å²) in [5.74, 6) is 0.880. The molecule has 0 fully saturated rings. The van der Waals surface area contributed by atoms with Crippen LogP contribution in [0.5, 0.6) is 0 Å². The quantitative estimate of drug-likeness (QED) is 0.422. The van der Waals surface area contributed by atoms with Gasteiger partial charge in [-0.3, -0.25) is 0 Å². The highest BCUT2D eigenvalue weighted by molar-refractivity contribution is 6.19. The van der Waals surface area contributed by atoms with Gasteiger partial charge in [0.1, 0.15) is 0 Å². The Balaban J connectivity index is 2.46. The van der Waals surface area contributed by atoms with E-state index in [1.165, 1.54) is 5.57 Å². The van der Waals surface area contributed by atoms with Gasteiger partial charge in [0.25, 0.3) is 0 Å². The summed E-state index contributed by atoms with van der Waals surface area (Å²) in [7, 11) is 0. The lowest BCUT2D eigenvalue weighted by Crippen LogP contribution is -2.03. The molecule has 1 unspecified atom stereocenters. The van der Waals surface area contributed by atoms with Crippen molar-refractivity contribution in [3.05, 3.63) is 11.6 Å². The maximum Gasteiger partial charge on any atom is 0.0659 e. The summed E-state index contributed by atoms with van der Waals surface area (Å²) < 4.78 is 0. The van der Waals surface area contributed by atoms with Crippen LogP contribution in [0.2, 0.25) is 0 Å². The number of hydrogen-bond donors (Lipinski definition) is 0. The molecule has 54 valence electrons. The van der Waals surface area contributed by atoms with Crippen LogP contribution in [-0.4, -0.2) is 5.88 Å². The summed E-state index contributed by atoms with van der Waals surface area (Å²) in [6, 6.07) is 2.26. The van der Waals surface area contributed by atoms with Crippen LogP contribution in [0.4, 0.5) is 0 Å². The van der Waals surface area contributed by atoms with Crippen molar-refractivity contribution in [3.8, 4) is 6.07 Å². The maximum atomic E-state index is 8.54. The summed E-state index contributed by atoms with van der Waals surface area (Å²) in [6.45, 7) is 0. The number of halogens is 1. The Morgan fingerprint density at radius 2 is 2.60 bits per heavy atom. The number of alkyl halides is 1. The van der Waals surface area contributed by atoms with E-state index in [1.807, 2.05) is 0 Å². The van der Waals surface area contributed by atoms with E-state index in [-0.39, 0.29) is 5.92 Å². The standard InChI is InChI=1S/C8H10ClN/c9-5-7-1-3-8(6-10)4-2-7/h1,8H,2-5H2. The first-order valence-electron chi connectivity index (χ1n) is 3.50. The Morgan fingerprint density at radius 1 is 1.80 bits per heavy atom. The minimum atomic E-state index is 0.243. The Labute approximate surface area is 66.3 Å². The van der Waals surface area contributed by atoms with Crippen LogP contribution in [0, 0.1) is 17.2 Å². The predicted octanol–water partition coefficient (Wildman–Crippen LogP) is 2.48. The topological polar surface area (TPSA) is 23.8 Å². The van der Waals surface area contributed by atoms with Crippen LogP contribution in [-0.2, 0) is 0 Å². The number of nitriles is 1. The van der Waals surface area contributed by atoms with Crippen LogP contribution >= 0.6 is 11.6 Å². The molecular formula is C8H10ClN. The van der Waals surface area contributed by atoms with Gasteiger partial charge >= 0.3 is 0 Å². The van der Waals surface area contributed by atoms with Gasteiger partial charge in [-0.05, 0) is 19.3 Å². The summed E-state index contributed by atoms with van der Waals surface area (Å²) >= 11 is 5.62. The molecule has 0 aliphatic heterocycles. The summed E-state index contributed by atoms with van der Waals surface area (Å²) in [5.41, 5.74) is 1.30. The van der Waals surface area contributed by atoms with Crippen molar-refractivity contribution in [2.75, 3.05) is 5.88 Å². The molecule has 0 aromatic heterocycles. The molecule has 0 heterocycles. The first-order chi connectivity index (χ1) is 4.86. The number of hydrogen-bond acceptors (Lipinski definition) is 1. The molecular weight excluding hydrogens is 146 g/mol. The highest BCUT2D eigenvalue weighted by Gasteiger charge is 2.11. The molecule has 0 amide bonds. The van der Waals surface area contributed by atoms with Gasteiger partial charge in [0.2, 0.25) is 0 Å². The van der Waals surface area contributed by atoms with E-state index >= 15 is 0 Å². The average molecular weight is 156 g/mol. The van der Waals surface area contributed by atoms with E-state index in [1.54, 1.807) is 0 Å². The van der Waals surface area contributed by atoms with Crippen molar-refractivity contribution in [2.24, 2.45) is 5.92 Å². The van der Waals surface area contributed by atoms with Crippen molar-refractivity contribution in [2.45, 2.75) is 19.3 Å². The molecule has 1 aliphatic rings. The van der Waals surface area contributed by atoms with Crippen molar-refractivity contribution < 1.29 is 0 Å². The first-order valence-corrected chi connectivity index (χ1v) is 4.03. The lowest BCUT2D eigenvalue weighted by atomic mass is 9.91. The zero-order valence-corrected chi connectivity index (χ0v) is 6.56. The molecule has 0 bridgehead atoms. The first kappa shape index (κ1) is 7.63. The second-order valence-corrected chi connectivity index (χ2v) is 2.86. The van der Waals surface area contributed by atoms with Gasteiger partial charge in [-0.1, -0.05) is 11.6 Å². The maximum absolute atomic E-state index is 8.54. The molecule has 1 aliphatic carbocycles. The Morgan fingerprint density at radius 3 is 3.00 bits per heavy atom. The fourth-order valence-electron chi connectivity index (χ4n) is 1.13. The van der Waals surface area contributed by atoms with E-state index in [0.29, 0.717) is 5.88 Å². The fraction of sp³-hybridized carbons (Fsp3) is 0.625. The summed E-state index contributed by atoms with van der Waals surface area (Å²) in [6.07, 6.45) is 5.01. The van der Waals surface area contributed by atoms with Crippen LogP contribution in [0.1, 0.15) is 19.3 Å². The lowest BCUT2D eigenvalue weighted by molar-refractivity contribution is 0.579. The average Bonchev–Trinajstić information content (AvgIpc) is 2.05. The molecule has 10 heavy (non-hydrogen) atoms. The molecule has 1 rings (SSSR count). The Hall–Kier alpha value is -0.480. The van der Waals surface area contributed by atoms with Gasteiger partial charge in [0.15, 0.2) is 0 Å². The molecule has 0 saturated carbocycles. The molecule has 0 saturated heterocycles. The van der Waals surface area contributed by atoms with Crippen molar-refractivity contribution in [1.82, 2.24) is 0 Å². The Kier molecular flexibility index (Phi) is 2.77. The lowest BCUT2D eigenvalue weighted by Gasteiger charge is -2.13. The van der Waals surface area contributed by atoms with Crippen molar-refractivity contribution in [1.29, 1.82) is 5.26 Å². The smallest absolute Gasteiger partial charge is 0.0659 e. The summed E-state index contributed by atoms with van der Waals surface area (Å²) in [4.78, 5) is 0. The van der Waals surface area contributed by atoms with E-state index in [0.717, 1.165) is 19.3 Å². The third kappa shape index (κ3) is 1.75. The number of nitrogens with zero attached hydrogens (tertiary/aromatic N) is 1. The highest BCUT2D eigenvalue weighted by atomic mass is 35.5. The van der Waals surface area contributed by atoms with Crippen molar-refractivity contribution in [3.63, 3.8) is 0 Å².